The van der Waals surface area contributed by atoms with Gasteiger partial charge in [-0.25, -0.2) is 5.26 Å². The lowest BCUT2D eigenvalue weighted by Crippen LogP contribution is -2.39. The van der Waals surface area contributed by atoms with Crippen molar-refractivity contribution in [2.24, 2.45) is 0 Å². The molecule has 0 bridgehead atoms. The van der Waals surface area contributed by atoms with Crippen LogP contribution >= 0.6 is 0 Å². The van der Waals surface area contributed by atoms with Crippen molar-refractivity contribution >= 4 is 5.97 Å². The Balaban J connectivity index is 0.000000505. The van der Waals surface area contributed by atoms with Crippen molar-refractivity contribution in [3.63, 3.8) is 0 Å². The number of ether oxygens (including phenoxy) is 3. The van der Waals surface area contributed by atoms with Gasteiger partial charge in [-0.3, -0.25) is 4.79 Å². The highest BCUT2D eigenvalue weighted by molar-refractivity contribution is 5.69. The van der Waals surface area contributed by atoms with E-state index in [-0.39, 0.29) is 30.9 Å². The first kappa shape index (κ1) is 29.7. The lowest BCUT2D eigenvalue weighted by Gasteiger charge is -2.34. The largest absolute Gasteiger partial charge is 0.462 e. The van der Waals surface area contributed by atoms with Crippen LogP contribution in [0.2, 0.25) is 0 Å². The van der Waals surface area contributed by atoms with E-state index in [0.717, 1.165) is 45.3 Å². The van der Waals surface area contributed by atoms with Crippen molar-refractivity contribution in [2.75, 3.05) is 39.5 Å². The fraction of sp³-hybridized carbons (Fsp3) is 0.483. The minimum atomic E-state index is -0.0847. The van der Waals surface area contributed by atoms with Gasteiger partial charge >= 0.3 is 5.97 Å². The second-order valence-electron chi connectivity index (χ2n) is 9.04. The van der Waals surface area contributed by atoms with Gasteiger partial charge < -0.3 is 19.1 Å². The van der Waals surface area contributed by atoms with Gasteiger partial charge in [-0.2, -0.15) is 4.89 Å². The zero-order valence-electron chi connectivity index (χ0n) is 21.6. The van der Waals surface area contributed by atoms with E-state index in [1.165, 1.54) is 11.1 Å². The van der Waals surface area contributed by atoms with Crippen molar-refractivity contribution in [3.05, 3.63) is 71.8 Å². The Morgan fingerprint density at radius 2 is 1.58 bits per heavy atom. The van der Waals surface area contributed by atoms with Gasteiger partial charge in [0.05, 0.1) is 25.7 Å². The maximum atomic E-state index is 12.2. The van der Waals surface area contributed by atoms with Gasteiger partial charge in [0.1, 0.15) is 18.8 Å². The van der Waals surface area contributed by atoms with Crippen molar-refractivity contribution in [2.45, 2.75) is 50.4 Å². The number of nitrogens with zero attached hydrogens (tertiary/aromatic N) is 1. The molecule has 0 saturated carbocycles. The first-order chi connectivity index (χ1) is 18.7. The van der Waals surface area contributed by atoms with E-state index >= 15 is 0 Å². The molecular weight excluding hydrogens is 490 g/mol. The number of piperidine rings is 1. The Morgan fingerprint density at radius 1 is 0.974 bits per heavy atom. The van der Waals surface area contributed by atoms with Crippen molar-refractivity contribution < 1.29 is 39.2 Å². The average Bonchev–Trinajstić information content (AvgIpc) is 2.97. The zero-order valence-corrected chi connectivity index (χ0v) is 21.6. The van der Waals surface area contributed by atoms with Gasteiger partial charge in [0.15, 0.2) is 0 Å². The van der Waals surface area contributed by atoms with Gasteiger partial charge in [-0.15, -0.1) is 6.42 Å². The van der Waals surface area contributed by atoms with Crippen LogP contribution in [-0.4, -0.2) is 67.8 Å². The summed E-state index contributed by atoms with van der Waals surface area (Å²) in [5.74, 6) is 1.98. The normalized spacial score (nSPS) is 16.9. The van der Waals surface area contributed by atoms with E-state index in [1.54, 1.807) is 0 Å². The van der Waals surface area contributed by atoms with Crippen molar-refractivity contribution in [3.8, 4) is 12.3 Å². The summed E-state index contributed by atoms with van der Waals surface area (Å²) in [6.07, 6.45) is 8.93. The number of esters is 1. The molecule has 2 fully saturated rings. The second-order valence-corrected chi connectivity index (χ2v) is 9.04. The minimum absolute atomic E-state index is 0.0355. The molecule has 2 aliphatic rings. The number of rotatable bonds is 11. The number of carbonyl (C=O) groups excluding carboxylic acids is 1. The lowest BCUT2D eigenvalue weighted by atomic mass is 10.00. The molecular formula is C29H37NO8. The number of terminal acetylenes is 1. The Bertz CT molecular complexity index is 899. The second kappa shape index (κ2) is 17.7. The number of likely N-dealkylation sites (tertiary alicyclic amines) is 1. The molecule has 2 heterocycles. The third kappa shape index (κ3) is 10.9. The number of hydrogen-bond acceptors (Lipinski definition) is 9. The van der Waals surface area contributed by atoms with E-state index in [9.17, 15) is 4.79 Å². The summed E-state index contributed by atoms with van der Waals surface area (Å²) in [6.45, 7) is 3.99. The lowest BCUT2D eigenvalue weighted by molar-refractivity contribution is -0.620. The molecule has 206 valence electrons. The summed E-state index contributed by atoms with van der Waals surface area (Å²) < 4.78 is 17.5. The summed E-state index contributed by atoms with van der Waals surface area (Å²) in [7, 11) is 0. The van der Waals surface area contributed by atoms with Gasteiger partial charge in [0.25, 0.3) is 0 Å². The maximum absolute atomic E-state index is 12.2. The van der Waals surface area contributed by atoms with Gasteiger partial charge in [-0.05, 0) is 34.0 Å². The van der Waals surface area contributed by atoms with Crippen LogP contribution in [0, 0.1) is 12.3 Å². The highest BCUT2D eigenvalue weighted by atomic mass is 17.6. The Labute approximate surface area is 224 Å². The number of carbonyl (C=O) groups is 1. The molecule has 9 heteroatoms. The van der Waals surface area contributed by atoms with Gasteiger partial charge in [0, 0.05) is 32.5 Å². The standard InChI is InChI=1S/C26H33NO4.C3H4O4/c28-25(30-24-14-19-29-20-15-24)13-18-27-16-11-23(12-17-27)31-26(21-7-3-1-4-8-21)22-9-5-2-6-10-22;1-2-3-5-7-6-4/h1-10,23-24,26H,11-20H2;1,4H,3H2. The maximum Gasteiger partial charge on any atom is 0.307 e. The van der Waals surface area contributed by atoms with Crippen LogP contribution in [-0.2, 0) is 34.0 Å². The smallest absolute Gasteiger partial charge is 0.307 e. The molecule has 0 aliphatic carbocycles. The van der Waals surface area contributed by atoms with Crippen LogP contribution in [0.4, 0.5) is 0 Å². The predicted molar refractivity (Wildman–Crippen MR) is 139 cm³/mol. The van der Waals surface area contributed by atoms with Crippen LogP contribution < -0.4 is 0 Å². The van der Waals surface area contributed by atoms with Gasteiger partial charge in [-0.1, -0.05) is 66.6 Å². The molecule has 0 radical (unpaired) electrons. The van der Waals surface area contributed by atoms with Gasteiger partial charge in [0.2, 0.25) is 0 Å². The molecule has 2 aromatic rings. The van der Waals surface area contributed by atoms with E-state index in [1.807, 2.05) is 12.1 Å². The highest BCUT2D eigenvalue weighted by Gasteiger charge is 2.25. The SMILES string of the molecule is C#CCOOOO.O=C(CCN1CCC(OC(c2ccccc2)c2ccccc2)CC1)OC1CCOCC1. The molecule has 0 atom stereocenters. The molecule has 2 saturated heterocycles. The summed E-state index contributed by atoms with van der Waals surface area (Å²) in [4.78, 5) is 18.4. The van der Waals surface area contributed by atoms with Crippen LogP contribution in [0.15, 0.2) is 60.7 Å². The van der Waals surface area contributed by atoms with E-state index < -0.39 is 0 Å². The van der Waals surface area contributed by atoms with Crippen molar-refractivity contribution in [1.82, 2.24) is 4.90 Å². The van der Waals surface area contributed by atoms with E-state index in [0.29, 0.717) is 19.6 Å². The molecule has 9 nitrogen and oxygen atoms in total. The van der Waals surface area contributed by atoms with E-state index in [2.05, 4.69) is 80.7 Å². The van der Waals surface area contributed by atoms with Crippen LogP contribution in [0.3, 0.4) is 0 Å². The first-order valence-electron chi connectivity index (χ1n) is 13.0. The average molecular weight is 528 g/mol. The molecule has 0 amide bonds. The first-order valence-corrected chi connectivity index (χ1v) is 13.0. The Hall–Kier alpha value is -2.81. The summed E-state index contributed by atoms with van der Waals surface area (Å²) in [5.41, 5.74) is 2.37. The molecule has 2 aromatic carbocycles. The topological polar surface area (TPSA) is 95.9 Å². The minimum Gasteiger partial charge on any atom is -0.462 e. The summed E-state index contributed by atoms with van der Waals surface area (Å²) in [5, 5.41) is 13.9. The monoisotopic (exact) mass is 527 g/mol. The highest BCUT2D eigenvalue weighted by Crippen LogP contribution is 2.30. The molecule has 0 aromatic heterocycles. The fourth-order valence-corrected chi connectivity index (χ4v) is 4.43. The summed E-state index contributed by atoms with van der Waals surface area (Å²) in [6, 6.07) is 20.9. The third-order valence-electron chi connectivity index (χ3n) is 6.39. The number of benzene rings is 2. The zero-order chi connectivity index (χ0) is 26.8. The molecule has 1 N–H and O–H groups in total. The van der Waals surface area contributed by atoms with E-state index in [4.69, 9.17) is 19.5 Å². The third-order valence-corrected chi connectivity index (χ3v) is 6.39. The summed E-state index contributed by atoms with van der Waals surface area (Å²) >= 11 is 0. The van der Waals surface area contributed by atoms with Crippen LogP contribution in [0.1, 0.15) is 49.3 Å². The fourth-order valence-electron chi connectivity index (χ4n) is 4.43. The van der Waals surface area contributed by atoms with Crippen LogP contribution in [0.5, 0.6) is 0 Å². The molecule has 38 heavy (non-hydrogen) atoms. The predicted octanol–water partition coefficient (Wildman–Crippen LogP) is 4.34. The van der Waals surface area contributed by atoms with Crippen molar-refractivity contribution in [1.29, 1.82) is 0 Å². The molecule has 4 rings (SSSR count). The Morgan fingerprint density at radius 3 is 2.13 bits per heavy atom. The molecule has 2 aliphatic heterocycles. The van der Waals surface area contributed by atoms with Crippen LogP contribution in [0.25, 0.3) is 0 Å². The number of hydrogen-bond donors (Lipinski definition) is 1. The Kier molecular flexibility index (Phi) is 13.8. The quantitative estimate of drug-likeness (QED) is 0.150. The molecule has 0 spiro atoms. The molecule has 0 unspecified atom stereocenters.